The van der Waals surface area contributed by atoms with E-state index in [0.717, 1.165) is 20.8 Å². The van der Waals surface area contributed by atoms with E-state index >= 15 is 0 Å². The summed E-state index contributed by atoms with van der Waals surface area (Å²) in [5.41, 5.74) is -1.22. The third kappa shape index (κ3) is 6.21. The van der Waals surface area contributed by atoms with Gasteiger partial charge in [0.15, 0.2) is 36.0 Å². The zero-order valence-electron chi connectivity index (χ0n) is 18.1. The molecule has 2 fully saturated rings. The summed E-state index contributed by atoms with van der Waals surface area (Å²) < 4.78 is 37.5. The molecule has 0 amide bonds. The third-order valence-electron chi connectivity index (χ3n) is 4.65. The lowest BCUT2D eigenvalue weighted by Gasteiger charge is -2.43. The maximum Gasteiger partial charge on any atom is 0.303 e. The Bertz CT molecular complexity index is 748. The number of rotatable bonds is 8. The molecule has 31 heavy (non-hydrogen) atoms. The van der Waals surface area contributed by atoms with Crippen LogP contribution in [0.5, 0.6) is 0 Å². The lowest BCUT2D eigenvalue weighted by molar-refractivity contribution is -0.315. The van der Waals surface area contributed by atoms with Gasteiger partial charge in [0, 0.05) is 27.7 Å². The summed E-state index contributed by atoms with van der Waals surface area (Å²) in [6, 6.07) is 0. The number of Topliss-reactive ketones (excluding diaryl/α,β-unsaturated/α-hetero) is 1. The fourth-order valence-electron chi connectivity index (χ4n) is 3.01. The topological polar surface area (TPSA) is 153 Å². The maximum absolute atomic E-state index is 11.7. The smallest absolute Gasteiger partial charge is 0.303 e. The summed E-state index contributed by atoms with van der Waals surface area (Å²) >= 11 is 0. The van der Waals surface area contributed by atoms with E-state index in [-0.39, 0.29) is 12.4 Å². The number of carbonyl (C=O) groups excluding carboxylic acids is 5. The molecule has 0 aliphatic carbocycles. The van der Waals surface area contributed by atoms with Crippen LogP contribution in [0.15, 0.2) is 0 Å². The Hall–Kier alpha value is -2.57. The largest absolute Gasteiger partial charge is 0.463 e. The second-order valence-corrected chi connectivity index (χ2v) is 7.32. The van der Waals surface area contributed by atoms with Crippen molar-refractivity contribution in [2.75, 3.05) is 6.61 Å². The van der Waals surface area contributed by atoms with Crippen molar-refractivity contribution in [3.63, 3.8) is 0 Å². The fraction of sp³-hybridized carbons (Fsp3) is 0.737. The number of carbonyl (C=O) groups is 5. The van der Waals surface area contributed by atoms with Crippen molar-refractivity contribution in [2.24, 2.45) is 0 Å². The van der Waals surface area contributed by atoms with E-state index < -0.39 is 66.5 Å². The first-order valence-electron chi connectivity index (χ1n) is 9.50. The second kappa shape index (κ2) is 9.71. The van der Waals surface area contributed by atoms with E-state index in [1.807, 2.05) is 0 Å². The van der Waals surface area contributed by atoms with Crippen molar-refractivity contribution in [1.82, 2.24) is 0 Å². The van der Waals surface area contributed by atoms with Crippen LogP contribution in [-0.2, 0) is 57.1 Å². The molecule has 2 rings (SSSR count). The minimum absolute atomic E-state index is 0.303. The summed E-state index contributed by atoms with van der Waals surface area (Å²) in [6.07, 6.45) is -7.58. The Labute approximate surface area is 178 Å². The van der Waals surface area contributed by atoms with Gasteiger partial charge in [-0.15, -0.1) is 0 Å². The van der Waals surface area contributed by atoms with Gasteiger partial charge in [0.2, 0.25) is 6.29 Å². The molecule has 0 aromatic rings. The number of ether oxygens (including phenoxy) is 7. The Morgan fingerprint density at radius 1 is 0.774 bits per heavy atom. The highest BCUT2D eigenvalue weighted by molar-refractivity contribution is 5.87. The monoisotopic (exact) mass is 446 g/mol. The molecule has 0 spiro atoms. The van der Waals surface area contributed by atoms with Crippen LogP contribution in [0.4, 0.5) is 0 Å². The average molecular weight is 446 g/mol. The van der Waals surface area contributed by atoms with Crippen LogP contribution in [0, 0.1) is 0 Å². The third-order valence-corrected chi connectivity index (χ3v) is 4.65. The summed E-state index contributed by atoms with van der Waals surface area (Å²) in [6.45, 7) is 6.95. The number of ketones is 1. The van der Waals surface area contributed by atoms with Crippen LogP contribution < -0.4 is 0 Å². The molecule has 0 unspecified atom stereocenters. The lowest BCUT2D eigenvalue weighted by atomic mass is 9.98. The van der Waals surface area contributed by atoms with Crippen LogP contribution in [0.3, 0.4) is 0 Å². The maximum atomic E-state index is 11.7. The van der Waals surface area contributed by atoms with Gasteiger partial charge >= 0.3 is 23.9 Å². The highest BCUT2D eigenvalue weighted by atomic mass is 16.8. The summed E-state index contributed by atoms with van der Waals surface area (Å²) in [5, 5.41) is 0. The van der Waals surface area contributed by atoms with Gasteiger partial charge < -0.3 is 33.2 Å². The molecule has 0 saturated carbocycles. The minimum Gasteiger partial charge on any atom is -0.463 e. The van der Waals surface area contributed by atoms with E-state index in [0.29, 0.717) is 0 Å². The van der Waals surface area contributed by atoms with E-state index in [1.54, 1.807) is 0 Å². The van der Waals surface area contributed by atoms with Gasteiger partial charge in [-0.3, -0.25) is 24.0 Å². The Morgan fingerprint density at radius 2 is 1.29 bits per heavy atom. The first kappa shape index (κ1) is 24.7. The standard InChI is InChI=1S/C19H26O12/c1-8(20)19(6)18(31-19)30-17-16(28-12(5)24)15(27-11(4)23)14(26-10(3)22)13(29-17)7-25-9(2)21/h13-18H,7H2,1-6H3/t13-,14-,15+,16-,17+,18-,19+/m1/s1. The Kier molecular flexibility index (Phi) is 7.73. The van der Waals surface area contributed by atoms with Crippen molar-refractivity contribution in [3.05, 3.63) is 0 Å². The van der Waals surface area contributed by atoms with Crippen molar-refractivity contribution in [3.8, 4) is 0 Å². The molecule has 0 bridgehead atoms. The Morgan fingerprint density at radius 3 is 1.74 bits per heavy atom. The molecule has 0 aromatic heterocycles. The van der Waals surface area contributed by atoms with E-state index in [2.05, 4.69) is 0 Å². The van der Waals surface area contributed by atoms with Crippen molar-refractivity contribution in [1.29, 1.82) is 0 Å². The highest BCUT2D eigenvalue weighted by Gasteiger charge is 2.62. The fourth-order valence-corrected chi connectivity index (χ4v) is 3.01. The molecule has 0 N–H and O–H groups in total. The molecule has 12 nitrogen and oxygen atoms in total. The minimum atomic E-state index is -1.40. The lowest BCUT2D eigenvalue weighted by Crippen LogP contribution is -2.63. The van der Waals surface area contributed by atoms with Crippen LogP contribution in [0.25, 0.3) is 0 Å². The van der Waals surface area contributed by atoms with Gasteiger partial charge in [-0.2, -0.15) is 0 Å². The van der Waals surface area contributed by atoms with Gasteiger partial charge in [-0.1, -0.05) is 0 Å². The molecule has 0 radical (unpaired) electrons. The number of hydrogen-bond acceptors (Lipinski definition) is 12. The molecule has 2 aliphatic rings. The van der Waals surface area contributed by atoms with Gasteiger partial charge in [0.25, 0.3) is 0 Å². The van der Waals surface area contributed by atoms with Crippen LogP contribution >= 0.6 is 0 Å². The van der Waals surface area contributed by atoms with Crippen LogP contribution in [0.1, 0.15) is 41.5 Å². The van der Waals surface area contributed by atoms with Gasteiger partial charge in [-0.05, 0) is 13.8 Å². The number of epoxide rings is 1. The van der Waals surface area contributed by atoms with Crippen molar-refractivity contribution >= 4 is 29.7 Å². The molecule has 0 aromatic carbocycles. The van der Waals surface area contributed by atoms with E-state index in [1.165, 1.54) is 20.8 Å². The first-order valence-corrected chi connectivity index (χ1v) is 9.50. The average Bonchev–Trinajstić information content (AvgIpc) is 3.28. The predicted octanol–water partition coefficient (Wildman–Crippen LogP) is -0.210. The molecular weight excluding hydrogens is 420 g/mol. The van der Waals surface area contributed by atoms with Gasteiger partial charge in [0.05, 0.1) is 0 Å². The normalized spacial score (nSPS) is 34.3. The number of hydrogen-bond donors (Lipinski definition) is 0. The molecule has 174 valence electrons. The molecule has 2 saturated heterocycles. The molecule has 2 aliphatic heterocycles. The quantitative estimate of drug-likeness (QED) is 0.275. The first-order chi connectivity index (χ1) is 14.3. The SMILES string of the molecule is CC(=O)OC[C@H]1O[C@@H](O[C@@H]2O[C@@]2(C)C(C)=O)[C@H](OC(C)=O)[C@@H](OC(C)=O)[C@@H]1OC(C)=O. The molecular formula is C19H26O12. The van der Waals surface area contributed by atoms with E-state index in [9.17, 15) is 24.0 Å². The predicted molar refractivity (Wildman–Crippen MR) is 97.0 cm³/mol. The zero-order valence-corrected chi connectivity index (χ0v) is 18.1. The Balaban J connectivity index is 2.37. The molecule has 7 atom stereocenters. The van der Waals surface area contributed by atoms with Crippen LogP contribution in [-0.4, -0.2) is 78.9 Å². The summed E-state index contributed by atoms with van der Waals surface area (Å²) in [7, 11) is 0. The van der Waals surface area contributed by atoms with Gasteiger partial charge in [0.1, 0.15) is 12.7 Å². The second-order valence-electron chi connectivity index (χ2n) is 7.32. The van der Waals surface area contributed by atoms with Crippen LogP contribution in [0.2, 0.25) is 0 Å². The summed E-state index contributed by atoms with van der Waals surface area (Å²) in [4.78, 5) is 58.2. The molecule has 12 heteroatoms. The van der Waals surface area contributed by atoms with E-state index in [4.69, 9.17) is 33.2 Å². The van der Waals surface area contributed by atoms with Crippen molar-refractivity contribution in [2.45, 2.75) is 84.1 Å². The number of esters is 4. The van der Waals surface area contributed by atoms with Gasteiger partial charge in [-0.25, -0.2) is 0 Å². The highest BCUT2D eigenvalue weighted by Crippen LogP contribution is 2.41. The molecule has 2 heterocycles. The summed E-state index contributed by atoms with van der Waals surface area (Å²) in [5.74, 6) is -3.20. The van der Waals surface area contributed by atoms with Crippen molar-refractivity contribution < 1.29 is 57.1 Å². The zero-order chi connectivity index (χ0) is 23.5.